The number of benzene rings is 2. The molecule has 25 heavy (non-hydrogen) atoms. The van der Waals surface area contributed by atoms with Crippen LogP contribution in [0.4, 0.5) is 10.5 Å². The minimum atomic E-state index is -1.11. The summed E-state index contributed by atoms with van der Waals surface area (Å²) in [5.41, 5.74) is 1.06. The number of nitro benzene ring substituents is 1. The Bertz CT molecular complexity index is 745. The first-order valence-electron chi connectivity index (χ1n) is 7.34. The lowest BCUT2D eigenvalue weighted by Gasteiger charge is -2.18. The molecule has 0 aliphatic heterocycles. The lowest BCUT2D eigenvalue weighted by atomic mass is 10.2. The van der Waals surface area contributed by atoms with Gasteiger partial charge in [-0.3, -0.25) is 20.2 Å². The van der Waals surface area contributed by atoms with Crippen molar-refractivity contribution in [2.24, 2.45) is 0 Å². The van der Waals surface area contributed by atoms with Crippen LogP contribution >= 0.6 is 0 Å². The molecule has 0 saturated carbocycles. The van der Waals surface area contributed by atoms with Crippen molar-refractivity contribution in [3.8, 4) is 0 Å². The Morgan fingerprint density at radius 1 is 1.12 bits per heavy atom. The number of hydrogen-bond donors (Lipinski definition) is 1. The number of nitro groups is 1. The van der Waals surface area contributed by atoms with Crippen LogP contribution in [-0.4, -0.2) is 17.0 Å². The van der Waals surface area contributed by atoms with Crippen molar-refractivity contribution in [3.05, 3.63) is 75.8 Å². The summed E-state index contributed by atoms with van der Waals surface area (Å²) in [6, 6.07) is 14.4. The molecule has 8 heteroatoms. The van der Waals surface area contributed by atoms with Crippen LogP contribution in [0, 0.1) is 10.1 Å². The highest BCUT2D eigenvalue weighted by Gasteiger charge is 2.19. The van der Waals surface area contributed by atoms with E-state index in [9.17, 15) is 19.7 Å². The van der Waals surface area contributed by atoms with Crippen molar-refractivity contribution in [2.75, 3.05) is 0 Å². The molecule has 2 rings (SSSR count). The van der Waals surface area contributed by atoms with Crippen LogP contribution in [0.3, 0.4) is 0 Å². The van der Waals surface area contributed by atoms with E-state index in [0.29, 0.717) is 5.56 Å². The molecule has 0 heterocycles. The van der Waals surface area contributed by atoms with Crippen molar-refractivity contribution in [2.45, 2.75) is 19.8 Å². The van der Waals surface area contributed by atoms with Crippen molar-refractivity contribution in [1.29, 1.82) is 0 Å². The second-order valence-electron chi connectivity index (χ2n) is 5.04. The largest absolute Gasteiger partial charge is 0.445 e. The van der Waals surface area contributed by atoms with Gasteiger partial charge in [-0.15, -0.1) is 0 Å². The van der Waals surface area contributed by atoms with Gasteiger partial charge in [-0.25, -0.2) is 4.79 Å². The van der Waals surface area contributed by atoms with E-state index >= 15 is 0 Å². The SMILES string of the molecule is CC(=O)OC(NC(=O)OCc1ccccc1)c1ccc([N+](=O)[O-])cc1. The predicted octanol–water partition coefficient (Wildman–Crippen LogP) is 3.08. The minimum absolute atomic E-state index is 0.0553. The molecule has 8 nitrogen and oxygen atoms in total. The van der Waals surface area contributed by atoms with Gasteiger partial charge in [0.15, 0.2) is 0 Å². The molecular weight excluding hydrogens is 328 g/mol. The molecule has 0 spiro atoms. The van der Waals surface area contributed by atoms with Crippen LogP contribution in [0.1, 0.15) is 24.3 Å². The van der Waals surface area contributed by atoms with E-state index in [1.165, 1.54) is 31.2 Å². The zero-order chi connectivity index (χ0) is 18.2. The lowest BCUT2D eigenvalue weighted by molar-refractivity contribution is -0.384. The quantitative estimate of drug-likeness (QED) is 0.373. The Kier molecular flexibility index (Phi) is 6.05. The van der Waals surface area contributed by atoms with Crippen LogP contribution in [0.15, 0.2) is 54.6 Å². The summed E-state index contributed by atoms with van der Waals surface area (Å²) in [5.74, 6) is -0.619. The first-order chi connectivity index (χ1) is 12.0. The van der Waals surface area contributed by atoms with Crippen molar-refractivity contribution >= 4 is 17.7 Å². The number of ether oxygens (including phenoxy) is 2. The molecule has 1 atom stereocenters. The fourth-order valence-electron chi connectivity index (χ4n) is 1.99. The Morgan fingerprint density at radius 3 is 2.32 bits per heavy atom. The van der Waals surface area contributed by atoms with E-state index in [4.69, 9.17) is 9.47 Å². The molecule has 0 bridgehead atoms. The van der Waals surface area contributed by atoms with Crippen molar-refractivity contribution in [1.82, 2.24) is 5.32 Å². The Hall–Kier alpha value is -3.42. The number of carbonyl (C=O) groups excluding carboxylic acids is 2. The molecule has 0 fully saturated rings. The highest BCUT2D eigenvalue weighted by molar-refractivity contribution is 5.70. The predicted molar refractivity (Wildman–Crippen MR) is 87.4 cm³/mol. The fourth-order valence-corrected chi connectivity index (χ4v) is 1.99. The van der Waals surface area contributed by atoms with Gasteiger partial charge in [-0.1, -0.05) is 30.3 Å². The van der Waals surface area contributed by atoms with Crippen LogP contribution < -0.4 is 5.32 Å². The number of non-ortho nitro benzene ring substituents is 1. The van der Waals surface area contributed by atoms with Crippen LogP contribution in [-0.2, 0) is 20.9 Å². The Labute approximate surface area is 143 Å². The number of carbonyl (C=O) groups is 2. The average molecular weight is 344 g/mol. The van der Waals surface area contributed by atoms with Gasteiger partial charge in [-0.05, 0) is 17.7 Å². The van der Waals surface area contributed by atoms with Crippen LogP contribution in [0.2, 0.25) is 0 Å². The van der Waals surface area contributed by atoms with Gasteiger partial charge < -0.3 is 9.47 Å². The number of nitrogens with zero attached hydrogens (tertiary/aromatic N) is 1. The molecular formula is C17H16N2O6. The van der Waals surface area contributed by atoms with Gasteiger partial charge >= 0.3 is 12.1 Å². The normalized spacial score (nSPS) is 11.2. The molecule has 1 unspecified atom stereocenters. The zero-order valence-electron chi connectivity index (χ0n) is 13.4. The molecule has 0 saturated heterocycles. The summed E-state index contributed by atoms with van der Waals surface area (Å²) in [4.78, 5) is 33.3. The molecule has 2 aromatic carbocycles. The number of nitrogens with one attached hydrogen (secondary N) is 1. The van der Waals surface area contributed by atoms with Gasteiger partial charge in [0.25, 0.3) is 5.69 Å². The highest BCUT2D eigenvalue weighted by atomic mass is 16.6. The van der Waals surface area contributed by atoms with Crippen molar-refractivity contribution < 1.29 is 24.0 Å². The number of rotatable bonds is 6. The molecule has 0 aliphatic carbocycles. The van der Waals surface area contributed by atoms with Gasteiger partial charge in [0.1, 0.15) is 6.61 Å². The number of alkyl carbamates (subject to hydrolysis) is 1. The summed E-state index contributed by atoms with van der Waals surface area (Å²) in [5, 5.41) is 13.1. The number of hydrogen-bond acceptors (Lipinski definition) is 6. The number of esters is 1. The first-order valence-corrected chi connectivity index (χ1v) is 7.34. The Balaban J connectivity index is 2.02. The maximum Gasteiger partial charge on any atom is 0.410 e. The third kappa shape index (κ3) is 5.61. The molecule has 2 aromatic rings. The molecule has 0 aliphatic rings. The average Bonchev–Trinajstić information content (AvgIpc) is 2.60. The first kappa shape index (κ1) is 17.9. The fraction of sp³-hybridized carbons (Fsp3) is 0.176. The van der Waals surface area contributed by atoms with E-state index in [2.05, 4.69) is 5.32 Å². The molecule has 1 N–H and O–H groups in total. The maximum absolute atomic E-state index is 11.9. The third-order valence-corrected chi connectivity index (χ3v) is 3.15. The summed E-state index contributed by atoms with van der Waals surface area (Å²) in [7, 11) is 0. The van der Waals surface area contributed by atoms with E-state index in [-0.39, 0.29) is 12.3 Å². The summed E-state index contributed by atoms with van der Waals surface area (Å²) < 4.78 is 10.1. The van der Waals surface area contributed by atoms with Gasteiger partial charge in [0.2, 0.25) is 6.23 Å². The Morgan fingerprint density at radius 2 is 1.76 bits per heavy atom. The number of amides is 1. The molecule has 130 valence electrons. The summed E-state index contributed by atoms with van der Waals surface area (Å²) >= 11 is 0. The second-order valence-corrected chi connectivity index (χ2v) is 5.04. The van der Waals surface area contributed by atoms with Crippen molar-refractivity contribution in [3.63, 3.8) is 0 Å². The topological polar surface area (TPSA) is 108 Å². The van der Waals surface area contributed by atoms with E-state index < -0.39 is 23.2 Å². The highest BCUT2D eigenvalue weighted by Crippen LogP contribution is 2.19. The third-order valence-electron chi connectivity index (χ3n) is 3.15. The van der Waals surface area contributed by atoms with E-state index in [0.717, 1.165) is 5.56 Å². The van der Waals surface area contributed by atoms with Crippen LogP contribution in [0.25, 0.3) is 0 Å². The molecule has 0 radical (unpaired) electrons. The van der Waals surface area contributed by atoms with Crippen LogP contribution in [0.5, 0.6) is 0 Å². The zero-order valence-corrected chi connectivity index (χ0v) is 13.4. The minimum Gasteiger partial charge on any atom is -0.445 e. The summed E-state index contributed by atoms with van der Waals surface area (Å²) in [6.07, 6.45) is -1.89. The summed E-state index contributed by atoms with van der Waals surface area (Å²) in [6.45, 7) is 1.25. The van der Waals surface area contributed by atoms with Gasteiger partial charge in [-0.2, -0.15) is 0 Å². The molecule has 0 aromatic heterocycles. The van der Waals surface area contributed by atoms with E-state index in [1.807, 2.05) is 18.2 Å². The standard InChI is InChI=1S/C17H16N2O6/c1-12(20)25-16(14-7-9-15(10-8-14)19(22)23)18-17(21)24-11-13-5-3-2-4-6-13/h2-10,16H,11H2,1H3,(H,18,21). The van der Waals surface area contributed by atoms with Gasteiger partial charge in [0, 0.05) is 24.6 Å². The lowest BCUT2D eigenvalue weighted by Crippen LogP contribution is -2.31. The maximum atomic E-state index is 11.9. The monoisotopic (exact) mass is 344 g/mol. The smallest absolute Gasteiger partial charge is 0.410 e. The van der Waals surface area contributed by atoms with Gasteiger partial charge in [0.05, 0.1) is 4.92 Å². The molecule has 1 amide bonds. The second kappa shape index (κ2) is 8.44. The van der Waals surface area contributed by atoms with E-state index in [1.54, 1.807) is 12.1 Å².